The molecule has 0 radical (unpaired) electrons. The summed E-state index contributed by atoms with van der Waals surface area (Å²) >= 11 is 0. The van der Waals surface area contributed by atoms with E-state index in [1.807, 2.05) is 25.1 Å². The van der Waals surface area contributed by atoms with E-state index in [-0.39, 0.29) is 0 Å². The predicted octanol–water partition coefficient (Wildman–Crippen LogP) is 3.05. The average molecular weight is 235 g/mol. The highest BCUT2D eigenvalue weighted by Gasteiger charge is 2.13. The van der Waals surface area contributed by atoms with Crippen LogP contribution in [0.1, 0.15) is 38.9 Å². The zero-order valence-electron chi connectivity index (χ0n) is 10.6. The first-order chi connectivity index (χ1) is 8.16. The smallest absolute Gasteiger partial charge is 0.196 e. The van der Waals surface area contributed by atoms with Crippen LogP contribution in [0.2, 0.25) is 0 Å². The topological polar surface area (TPSA) is 36.6 Å². The Morgan fingerprint density at radius 1 is 1.35 bits per heavy atom. The second-order valence-corrected chi connectivity index (χ2v) is 4.79. The van der Waals surface area contributed by atoms with Crippen molar-refractivity contribution < 1.29 is 9.52 Å². The SMILES string of the molecule is C/C(=C\c1ccc(N2CCCCC2)o1)C(C)O. The van der Waals surface area contributed by atoms with Crippen LogP contribution in [-0.2, 0) is 0 Å². The van der Waals surface area contributed by atoms with Crippen LogP contribution in [-0.4, -0.2) is 24.3 Å². The Morgan fingerprint density at radius 3 is 2.71 bits per heavy atom. The molecule has 2 heterocycles. The van der Waals surface area contributed by atoms with Crippen molar-refractivity contribution in [2.24, 2.45) is 0 Å². The van der Waals surface area contributed by atoms with E-state index >= 15 is 0 Å². The van der Waals surface area contributed by atoms with Crippen LogP contribution in [0.3, 0.4) is 0 Å². The normalized spacial score (nSPS) is 19.5. The Kier molecular flexibility index (Phi) is 3.89. The Labute approximate surface area is 103 Å². The average Bonchev–Trinajstić information content (AvgIpc) is 2.78. The lowest BCUT2D eigenvalue weighted by Crippen LogP contribution is -2.28. The molecule has 2 rings (SSSR count). The minimum atomic E-state index is -0.418. The first kappa shape index (κ1) is 12.2. The largest absolute Gasteiger partial charge is 0.441 e. The summed E-state index contributed by atoms with van der Waals surface area (Å²) in [6.45, 7) is 5.85. The second kappa shape index (κ2) is 5.41. The van der Waals surface area contributed by atoms with E-state index in [2.05, 4.69) is 4.90 Å². The maximum atomic E-state index is 9.42. The van der Waals surface area contributed by atoms with Gasteiger partial charge < -0.3 is 14.4 Å². The van der Waals surface area contributed by atoms with Crippen LogP contribution >= 0.6 is 0 Å². The minimum Gasteiger partial charge on any atom is -0.441 e. The second-order valence-electron chi connectivity index (χ2n) is 4.79. The molecule has 1 fully saturated rings. The molecule has 0 spiro atoms. The lowest BCUT2D eigenvalue weighted by Gasteiger charge is -2.25. The molecule has 1 aliphatic heterocycles. The van der Waals surface area contributed by atoms with Gasteiger partial charge in [0.1, 0.15) is 5.76 Å². The summed E-state index contributed by atoms with van der Waals surface area (Å²) in [6, 6.07) is 3.99. The molecule has 1 aromatic heterocycles. The van der Waals surface area contributed by atoms with E-state index in [0.29, 0.717) is 0 Å². The fourth-order valence-corrected chi connectivity index (χ4v) is 2.05. The van der Waals surface area contributed by atoms with Crippen LogP contribution in [0.15, 0.2) is 22.1 Å². The van der Waals surface area contributed by atoms with Gasteiger partial charge in [-0.1, -0.05) is 0 Å². The number of aliphatic hydroxyl groups excluding tert-OH is 1. The fourth-order valence-electron chi connectivity index (χ4n) is 2.05. The van der Waals surface area contributed by atoms with Gasteiger partial charge in [-0.15, -0.1) is 0 Å². The Bertz CT molecular complexity index is 387. The van der Waals surface area contributed by atoms with Crippen molar-refractivity contribution >= 4 is 12.0 Å². The number of furan rings is 1. The number of rotatable bonds is 3. The van der Waals surface area contributed by atoms with Crippen LogP contribution in [0.25, 0.3) is 6.08 Å². The lowest BCUT2D eigenvalue weighted by molar-refractivity contribution is 0.232. The Morgan fingerprint density at radius 2 is 2.06 bits per heavy atom. The number of hydrogen-bond acceptors (Lipinski definition) is 3. The molecule has 0 bridgehead atoms. The molecule has 0 aliphatic carbocycles. The number of nitrogens with zero attached hydrogens (tertiary/aromatic N) is 1. The van der Waals surface area contributed by atoms with E-state index in [1.165, 1.54) is 19.3 Å². The van der Waals surface area contributed by atoms with Crippen LogP contribution in [0.4, 0.5) is 5.88 Å². The quantitative estimate of drug-likeness (QED) is 0.874. The van der Waals surface area contributed by atoms with Crippen molar-refractivity contribution in [1.29, 1.82) is 0 Å². The fraction of sp³-hybridized carbons (Fsp3) is 0.571. The van der Waals surface area contributed by atoms with Gasteiger partial charge in [-0.05, 0) is 50.8 Å². The summed E-state index contributed by atoms with van der Waals surface area (Å²) in [4.78, 5) is 2.29. The van der Waals surface area contributed by atoms with E-state index in [1.54, 1.807) is 6.92 Å². The number of aliphatic hydroxyl groups is 1. The molecule has 94 valence electrons. The molecule has 1 atom stereocenters. The van der Waals surface area contributed by atoms with Crippen molar-refractivity contribution in [2.75, 3.05) is 18.0 Å². The summed E-state index contributed by atoms with van der Waals surface area (Å²) in [5, 5.41) is 9.42. The molecule has 17 heavy (non-hydrogen) atoms. The molecule has 1 saturated heterocycles. The van der Waals surface area contributed by atoms with Crippen molar-refractivity contribution in [1.82, 2.24) is 0 Å². The maximum absolute atomic E-state index is 9.42. The monoisotopic (exact) mass is 235 g/mol. The summed E-state index contributed by atoms with van der Waals surface area (Å²) in [5.41, 5.74) is 0.921. The van der Waals surface area contributed by atoms with Gasteiger partial charge in [0.15, 0.2) is 5.88 Å². The van der Waals surface area contributed by atoms with Crippen molar-refractivity contribution in [3.05, 3.63) is 23.5 Å². The summed E-state index contributed by atoms with van der Waals surface area (Å²) in [5.74, 6) is 1.78. The van der Waals surface area contributed by atoms with Gasteiger partial charge in [0.25, 0.3) is 0 Å². The summed E-state index contributed by atoms with van der Waals surface area (Å²) in [6.07, 6.45) is 5.30. The molecule has 0 amide bonds. The van der Waals surface area contributed by atoms with Gasteiger partial charge in [0, 0.05) is 19.2 Å². The predicted molar refractivity (Wildman–Crippen MR) is 70.1 cm³/mol. The molecule has 1 aromatic rings. The minimum absolute atomic E-state index is 0.418. The van der Waals surface area contributed by atoms with Crippen molar-refractivity contribution in [3.63, 3.8) is 0 Å². The zero-order valence-corrected chi connectivity index (χ0v) is 10.6. The van der Waals surface area contributed by atoms with Crippen LogP contribution < -0.4 is 4.90 Å². The van der Waals surface area contributed by atoms with Gasteiger partial charge in [-0.3, -0.25) is 0 Å². The Balaban J connectivity index is 2.07. The van der Waals surface area contributed by atoms with Gasteiger partial charge in [0.2, 0.25) is 0 Å². The molecule has 1 unspecified atom stereocenters. The van der Waals surface area contributed by atoms with Gasteiger partial charge in [-0.2, -0.15) is 0 Å². The molecule has 3 nitrogen and oxygen atoms in total. The highest BCUT2D eigenvalue weighted by Crippen LogP contribution is 2.24. The molecular weight excluding hydrogens is 214 g/mol. The standard InChI is InChI=1S/C14H21NO2/c1-11(12(2)16)10-13-6-7-14(17-13)15-8-4-3-5-9-15/h6-7,10,12,16H,3-5,8-9H2,1-2H3/b11-10+. The molecule has 0 saturated carbocycles. The zero-order chi connectivity index (χ0) is 12.3. The van der Waals surface area contributed by atoms with E-state index in [0.717, 1.165) is 30.3 Å². The first-order valence-electron chi connectivity index (χ1n) is 6.38. The lowest BCUT2D eigenvalue weighted by atomic mass is 10.1. The van der Waals surface area contributed by atoms with E-state index in [9.17, 15) is 5.11 Å². The van der Waals surface area contributed by atoms with E-state index in [4.69, 9.17) is 4.42 Å². The number of anilines is 1. The maximum Gasteiger partial charge on any atom is 0.196 e. The van der Waals surface area contributed by atoms with Crippen LogP contribution in [0.5, 0.6) is 0 Å². The summed E-state index contributed by atoms with van der Waals surface area (Å²) in [7, 11) is 0. The van der Waals surface area contributed by atoms with Gasteiger partial charge >= 0.3 is 0 Å². The van der Waals surface area contributed by atoms with Gasteiger partial charge in [0.05, 0.1) is 6.10 Å². The first-order valence-corrected chi connectivity index (χ1v) is 6.38. The number of hydrogen-bond donors (Lipinski definition) is 1. The molecular formula is C14H21NO2. The van der Waals surface area contributed by atoms with Gasteiger partial charge in [-0.25, -0.2) is 0 Å². The summed E-state index contributed by atoms with van der Waals surface area (Å²) < 4.78 is 5.78. The van der Waals surface area contributed by atoms with Crippen molar-refractivity contribution in [2.45, 2.75) is 39.2 Å². The number of piperidine rings is 1. The highest BCUT2D eigenvalue weighted by atomic mass is 16.4. The molecule has 1 aliphatic rings. The van der Waals surface area contributed by atoms with Crippen LogP contribution in [0, 0.1) is 0 Å². The highest BCUT2D eigenvalue weighted by molar-refractivity contribution is 5.51. The molecule has 3 heteroatoms. The third kappa shape index (κ3) is 3.13. The third-order valence-electron chi connectivity index (χ3n) is 3.31. The third-order valence-corrected chi connectivity index (χ3v) is 3.31. The molecule has 1 N–H and O–H groups in total. The van der Waals surface area contributed by atoms with Crippen molar-refractivity contribution in [3.8, 4) is 0 Å². The molecule has 0 aromatic carbocycles. The Hall–Kier alpha value is -1.22. The van der Waals surface area contributed by atoms with E-state index < -0.39 is 6.10 Å².